The van der Waals surface area contributed by atoms with Crippen LogP contribution in [0.2, 0.25) is 0 Å². The number of fused-ring (bicyclic) bond motifs is 1. The van der Waals surface area contributed by atoms with Crippen molar-refractivity contribution in [1.82, 2.24) is 0 Å². The first-order chi connectivity index (χ1) is 9.69. The quantitative estimate of drug-likeness (QED) is 0.772. The lowest BCUT2D eigenvalue weighted by atomic mass is 9.78. The predicted octanol–water partition coefficient (Wildman–Crippen LogP) is 3.96. The molecule has 0 spiro atoms. The average molecular weight is 289 g/mol. The Morgan fingerprint density at radius 3 is 2.48 bits per heavy atom. The number of rotatable bonds is 2. The molecule has 1 aromatic rings. The maximum Gasteiger partial charge on any atom is 0.328 e. The fourth-order valence-electron chi connectivity index (χ4n) is 3.72. The van der Waals surface area contributed by atoms with Crippen molar-refractivity contribution in [2.45, 2.75) is 65.5 Å². The number of nitrogens with zero attached hydrogens (tertiary/aromatic N) is 1. The molecule has 0 bridgehead atoms. The Balaban J connectivity index is 2.61. The fraction of sp³-hybridized carbons (Fsp3) is 0.611. The zero-order chi connectivity index (χ0) is 15.9. The van der Waals surface area contributed by atoms with Crippen molar-refractivity contribution in [2.24, 2.45) is 0 Å². The fourth-order valence-corrected chi connectivity index (χ4v) is 3.72. The van der Waals surface area contributed by atoms with Gasteiger partial charge in [-0.05, 0) is 69.7 Å². The van der Waals surface area contributed by atoms with Gasteiger partial charge in [-0.3, -0.25) is 0 Å². The van der Waals surface area contributed by atoms with Crippen molar-refractivity contribution in [3.05, 3.63) is 28.8 Å². The largest absolute Gasteiger partial charge is 0.467 e. The molecule has 3 heteroatoms. The molecule has 0 aromatic heterocycles. The lowest BCUT2D eigenvalue weighted by Crippen LogP contribution is -2.55. The molecule has 0 saturated heterocycles. The molecule has 0 aliphatic carbocycles. The topological polar surface area (TPSA) is 29.5 Å². The molecular weight excluding hydrogens is 262 g/mol. The van der Waals surface area contributed by atoms with Gasteiger partial charge in [0.2, 0.25) is 0 Å². The first kappa shape index (κ1) is 15.9. The smallest absolute Gasteiger partial charge is 0.328 e. The normalized spacial score (nSPS) is 21.7. The number of methoxy groups -OCH3 is 1. The molecular formula is C18H27NO2. The summed E-state index contributed by atoms with van der Waals surface area (Å²) in [7, 11) is 1.46. The molecule has 1 aliphatic heterocycles. The molecule has 0 radical (unpaired) electrons. The van der Waals surface area contributed by atoms with Crippen molar-refractivity contribution >= 4 is 11.7 Å². The van der Waals surface area contributed by atoms with E-state index in [2.05, 4.69) is 51.7 Å². The van der Waals surface area contributed by atoms with E-state index < -0.39 is 0 Å². The van der Waals surface area contributed by atoms with Gasteiger partial charge < -0.3 is 9.64 Å². The van der Waals surface area contributed by atoms with Crippen LogP contribution in [0.4, 0.5) is 5.69 Å². The summed E-state index contributed by atoms with van der Waals surface area (Å²) in [6.07, 6.45) is 1.03. The van der Waals surface area contributed by atoms with Crippen LogP contribution in [0.15, 0.2) is 12.1 Å². The monoisotopic (exact) mass is 289 g/mol. The molecule has 0 saturated carbocycles. The second-order valence-electron chi connectivity index (χ2n) is 6.98. The Bertz CT molecular complexity index is 563. The summed E-state index contributed by atoms with van der Waals surface area (Å²) < 4.78 is 4.97. The van der Waals surface area contributed by atoms with Gasteiger partial charge in [0.05, 0.1) is 7.11 Å². The van der Waals surface area contributed by atoms with Crippen molar-refractivity contribution in [2.75, 3.05) is 12.0 Å². The third kappa shape index (κ3) is 2.66. The van der Waals surface area contributed by atoms with Gasteiger partial charge in [0.25, 0.3) is 0 Å². The molecule has 2 rings (SSSR count). The number of anilines is 1. The maximum absolute atomic E-state index is 12.1. The minimum atomic E-state index is -0.279. The SMILES string of the molecule is COC(=O)[C@@H](C)N1c2cc(C)c(C)cc2[C@H](C)CC1(C)C. The van der Waals surface area contributed by atoms with E-state index in [9.17, 15) is 4.79 Å². The van der Waals surface area contributed by atoms with Crippen LogP contribution in [0.3, 0.4) is 0 Å². The van der Waals surface area contributed by atoms with E-state index in [1.54, 1.807) is 0 Å². The van der Waals surface area contributed by atoms with Crippen LogP contribution in [0.1, 0.15) is 56.7 Å². The van der Waals surface area contributed by atoms with E-state index in [-0.39, 0.29) is 17.6 Å². The van der Waals surface area contributed by atoms with Gasteiger partial charge in [0.1, 0.15) is 6.04 Å². The molecule has 0 amide bonds. The maximum atomic E-state index is 12.1. The third-order valence-electron chi connectivity index (χ3n) is 4.82. The highest BCUT2D eigenvalue weighted by atomic mass is 16.5. The second-order valence-corrected chi connectivity index (χ2v) is 6.98. The van der Waals surface area contributed by atoms with Crippen LogP contribution in [-0.2, 0) is 9.53 Å². The zero-order valence-electron chi connectivity index (χ0n) is 14.3. The lowest BCUT2D eigenvalue weighted by molar-refractivity contribution is -0.142. The second kappa shape index (κ2) is 5.36. The molecule has 21 heavy (non-hydrogen) atoms. The van der Waals surface area contributed by atoms with Crippen molar-refractivity contribution < 1.29 is 9.53 Å². The minimum Gasteiger partial charge on any atom is -0.467 e. The highest BCUT2D eigenvalue weighted by molar-refractivity contribution is 5.81. The van der Waals surface area contributed by atoms with E-state index in [0.29, 0.717) is 5.92 Å². The van der Waals surface area contributed by atoms with Crippen LogP contribution in [0, 0.1) is 13.8 Å². The molecule has 1 aromatic carbocycles. The van der Waals surface area contributed by atoms with E-state index in [1.165, 1.54) is 29.5 Å². The number of carbonyl (C=O) groups excluding carboxylic acids is 1. The highest BCUT2D eigenvalue weighted by Gasteiger charge is 2.41. The first-order valence-electron chi connectivity index (χ1n) is 7.67. The van der Waals surface area contributed by atoms with E-state index in [0.717, 1.165) is 6.42 Å². The van der Waals surface area contributed by atoms with Crippen LogP contribution in [0.5, 0.6) is 0 Å². The summed E-state index contributed by atoms with van der Waals surface area (Å²) in [6.45, 7) is 12.9. The Labute approximate surface area is 128 Å². The summed E-state index contributed by atoms with van der Waals surface area (Å²) in [5, 5.41) is 0. The number of aryl methyl sites for hydroxylation is 2. The van der Waals surface area contributed by atoms with E-state index >= 15 is 0 Å². The van der Waals surface area contributed by atoms with Gasteiger partial charge in [0, 0.05) is 11.2 Å². The average Bonchev–Trinajstić information content (AvgIpc) is 2.39. The van der Waals surface area contributed by atoms with E-state index in [4.69, 9.17) is 4.74 Å². The minimum absolute atomic E-state index is 0.0677. The van der Waals surface area contributed by atoms with Crippen molar-refractivity contribution in [3.63, 3.8) is 0 Å². The summed E-state index contributed by atoms with van der Waals surface area (Å²) >= 11 is 0. The van der Waals surface area contributed by atoms with Crippen molar-refractivity contribution in [1.29, 1.82) is 0 Å². The lowest BCUT2D eigenvalue weighted by Gasteiger charge is -2.49. The van der Waals surface area contributed by atoms with Crippen molar-refractivity contribution in [3.8, 4) is 0 Å². The number of esters is 1. The number of carbonyl (C=O) groups is 1. The molecule has 116 valence electrons. The van der Waals surface area contributed by atoms with Gasteiger partial charge in [-0.1, -0.05) is 13.0 Å². The predicted molar refractivity (Wildman–Crippen MR) is 87.0 cm³/mol. The van der Waals surface area contributed by atoms with Gasteiger partial charge in [0.15, 0.2) is 0 Å². The molecule has 3 nitrogen and oxygen atoms in total. The summed E-state index contributed by atoms with van der Waals surface area (Å²) in [6, 6.07) is 4.22. The summed E-state index contributed by atoms with van der Waals surface area (Å²) in [5.41, 5.74) is 5.03. The third-order valence-corrected chi connectivity index (χ3v) is 4.82. The molecule has 0 N–H and O–H groups in total. The van der Waals surface area contributed by atoms with Crippen LogP contribution in [0.25, 0.3) is 0 Å². The summed E-state index contributed by atoms with van der Waals surface area (Å²) in [4.78, 5) is 14.3. The Hall–Kier alpha value is -1.51. The van der Waals surface area contributed by atoms with Crippen LogP contribution < -0.4 is 4.90 Å². The number of hydrogen-bond donors (Lipinski definition) is 0. The molecule has 0 fully saturated rings. The van der Waals surface area contributed by atoms with E-state index in [1.807, 2.05) is 6.92 Å². The Morgan fingerprint density at radius 2 is 1.90 bits per heavy atom. The van der Waals surface area contributed by atoms with Gasteiger partial charge >= 0.3 is 5.97 Å². The number of ether oxygens (including phenoxy) is 1. The van der Waals surface area contributed by atoms with Crippen LogP contribution in [-0.4, -0.2) is 24.7 Å². The van der Waals surface area contributed by atoms with Gasteiger partial charge in [-0.2, -0.15) is 0 Å². The Morgan fingerprint density at radius 1 is 1.33 bits per heavy atom. The van der Waals surface area contributed by atoms with Gasteiger partial charge in [-0.25, -0.2) is 4.79 Å². The highest BCUT2D eigenvalue weighted by Crippen LogP contribution is 2.45. The van der Waals surface area contributed by atoms with Gasteiger partial charge in [-0.15, -0.1) is 0 Å². The summed E-state index contributed by atoms with van der Waals surface area (Å²) in [5.74, 6) is 0.317. The molecule has 2 atom stereocenters. The zero-order valence-corrected chi connectivity index (χ0v) is 14.3. The van der Waals surface area contributed by atoms with Crippen LogP contribution >= 0.6 is 0 Å². The standard InChI is InChI=1S/C18H27NO2/c1-11-8-15-13(3)10-18(5,6)19(14(4)17(20)21-7)16(15)9-12(11)2/h8-9,13-14H,10H2,1-7H3/t13-,14-/m1/s1. The Kier molecular flexibility index (Phi) is 4.05. The first-order valence-corrected chi connectivity index (χ1v) is 7.67. The molecule has 1 heterocycles. The molecule has 1 aliphatic rings. The number of benzene rings is 1. The molecule has 0 unspecified atom stereocenters. The number of hydrogen-bond acceptors (Lipinski definition) is 3.